The van der Waals surface area contributed by atoms with E-state index in [4.69, 9.17) is 4.74 Å². The Balaban J connectivity index is 1.47. The van der Waals surface area contributed by atoms with Crippen LogP contribution in [0.25, 0.3) is 0 Å². The second-order valence-electron chi connectivity index (χ2n) is 6.58. The Labute approximate surface area is 108 Å². The van der Waals surface area contributed by atoms with Crippen molar-refractivity contribution in [3.63, 3.8) is 0 Å². The molecule has 4 rings (SSSR count). The number of hydrogen-bond acceptors (Lipinski definition) is 2. The number of aliphatic hydroxyl groups is 1. The lowest BCUT2D eigenvalue weighted by molar-refractivity contribution is 0.0633. The summed E-state index contributed by atoms with van der Waals surface area (Å²) in [6.45, 7) is 0.343. The second kappa shape index (κ2) is 3.74. The monoisotopic (exact) mass is 244 g/mol. The number of para-hydroxylation sites is 1. The fourth-order valence-corrected chi connectivity index (χ4v) is 4.22. The Morgan fingerprint density at radius 1 is 1.22 bits per heavy atom. The zero-order chi connectivity index (χ0) is 12.2. The third-order valence-electron chi connectivity index (χ3n) is 5.17. The topological polar surface area (TPSA) is 29.5 Å². The van der Waals surface area contributed by atoms with Gasteiger partial charge in [0, 0.05) is 13.0 Å². The van der Waals surface area contributed by atoms with Crippen LogP contribution in [0.15, 0.2) is 24.3 Å². The van der Waals surface area contributed by atoms with Crippen LogP contribution in [0.3, 0.4) is 0 Å². The number of fused-ring (bicyclic) bond motifs is 2. The standard InChI is InChI=1S/C16H20O2/c17-10-16(7-12-5-13(12)8-16)9-14-6-11-3-1-2-4-15(11)18-14/h1-4,12-14,17H,5-10H2. The third-order valence-corrected chi connectivity index (χ3v) is 5.17. The van der Waals surface area contributed by atoms with Crippen LogP contribution in [0, 0.1) is 17.3 Å². The van der Waals surface area contributed by atoms with Gasteiger partial charge in [0.25, 0.3) is 0 Å². The van der Waals surface area contributed by atoms with Gasteiger partial charge in [-0.05, 0) is 54.6 Å². The molecule has 18 heavy (non-hydrogen) atoms. The largest absolute Gasteiger partial charge is 0.490 e. The molecular weight excluding hydrogens is 224 g/mol. The van der Waals surface area contributed by atoms with E-state index < -0.39 is 0 Å². The zero-order valence-electron chi connectivity index (χ0n) is 10.6. The first-order valence-corrected chi connectivity index (χ1v) is 7.13. The highest BCUT2D eigenvalue weighted by Crippen LogP contribution is 2.61. The highest BCUT2D eigenvalue weighted by atomic mass is 16.5. The molecule has 1 heterocycles. The van der Waals surface area contributed by atoms with Gasteiger partial charge in [0.2, 0.25) is 0 Å². The Kier molecular flexibility index (Phi) is 2.25. The second-order valence-corrected chi connectivity index (χ2v) is 6.58. The van der Waals surface area contributed by atoms with Gasteiger partial charge in [0.15, 0.2) is 0 Å². The molecule has 0 radical (unpaired) electrons. The highest BCUT2D eigenvalue weighted by Gasteiger charge is 2.54. The quantitative estimate of drug-likeness (QED) is 0.886. The fraction of sp³-hybridized carbons (Fsp3) is 0.625. The summed E-state index contributed by atoms with van der Waals surface area (Å²) in [5.41, 5.74) is 1.50. The van der Waals surface area contributed by atoms with Crippen LogP contribution in [-0.2, 0) is 6.42 Å². The van der Waals surface area contributed by atoms with E-state index in [0.717, 1.165) is 30.4 Å². The summed E-state index contributed by atoms with van der Waals surface area (Å²) in [4.78, 5) is 0. The lowest BCUT2D eigenvalue weighted by Crippen LogP contribution is -2.31. The molecule has 96 valence electrons. The molecule has 1 aliphatic heterocycles. The predicted molar refractivity (Wildman–Crippen MR) is 69.5 cm³/mol. The third kappa shape index (κ3) is 1.66. The minimum absolute atomic E-state index is 0.167. The molecule has 2 aliphatic carbocycles. The summed E-state index contributed by atoms with van der Waals surface area (Å²) in [5.74, 6) is 2.89. The molecule has 1 N–H and O–H groups in total. The van der Waals surface area contributed by atoms with Crippen molar-refractivity contribution in [3.8, 4) is 5.75 Å². The van der Waals surface area contributed by atoms with Crippen molar-refractivity contribution in [2.24, 2.45) is 17.3 Å². The van der Waals surface area contributed by atoms with Crippen molar-refractivity contribution in [1.82, 2.24) is 0 Å². The molecule has 0 aromatic heterocycles. The normalized spacial score (nSPS) is 40.2. The van der Waals surface area contributed by atoms with Crippen molar-refractivity contribution in [1.29, 1.82) is 0 Å². The zero-order valence-corrected chi connectivity index (χ0v) is 10.6. The predicted octanol–water partition coefficient (Wildman–Crippen LogP) is 2.79. The van der Waals surface area contributed by atoms with Gasteiger partial charge in [0.05, 0.1) is 0 Å². The van der Waals surface area contributed by atoms with Gasteiger partial charge in [-0.2, -0.15) is 0 Å². The van der Waals surface area contributed by atoms with Gasteiger partial charge in [-0.3, -0.25) is 0 Å². The van der Waals surface area contributed by atoms with E-state index in [9.17, 15) is 5.11 Å². The van der Waals surface area contributed by atoms with E-state index in [-0.39, 0.29) is 11.5 Å². The van der Waals surface area contributed by atoms with Crippen molar-refractivity contribution >= 4 is 0 Å². The summed E-state index contributed by atoms with van der Waals surface area (Å²) in [6, 6.07) is 8.34. The molecule has 2 fully saturated rings. The van der Waals surface area contributed by atoms with Gasteiger partial charge in [-0.25, -0.2) is 0 Å². The van der Waals surface area contributed by atoms with E-state index in [1.54, 1.807) is 0 Å². The molecule has 3 unspecified atom stereocenters. The molecule has 2 heteroatoms. The van der Waals surface area contributed by atoms with Crippen molar-refractivity contribution in [2.45, 2.75) is 38.2 Å². The Bertz CT molecular complexity index is 433. The number of rotatable bonds is 3. The summed E-state index contributed by atoms with van der Waals surface area (Å²) in [7, 11) is 0. The van der Waals surface area contributed by atoms with Crippen LogP contribution in [0.2, 0.25) is 0 Å². The average molecular weight is 244 g/mol. The Hall–Kier alpha value is -1.02. The first kappa shape index (κ1) is 10.9. The Morgan fingerprint density at radius 3 is 2.72 bits per heavy atom. The van der Waals surface area contributed by atoms with Gasteiger partial charge < -0.3 is 9.84 Å². The van der Waals surface area contributed by atoms with E-state index >= 15 is 0 Å². The molecule has 1 aromatic rings. The molecule has 3 aliphatic rings. The van der Waals surface area contributed by atoms with E-state index in [1.807, 2.05) is 6.07 Å². The first-order chi connectivity index (χ1) is 8.78. The Morgan fingerprint density at radius 2 is 2.00 bits per heavy atom. The van der Waals surface area contributed by atoms with Crippen LogP contribution in [0.4, 0.5) is 0 Å². The van der Waals surface area contributed by atoms with Gasteiger partial charge in [0.1, 0.15) is 11.9 Å². The smallest absolute Gasteiger partial charge is 0.123 e. The maximum absolute atomic E-state index is 9.78. The molecule has 1 aromatic carbocycles. The van der Waals surface area contributed by atoms with E-state index in [0.29, 0.717) is 6.61 Å². The lowest BCUT2D eigenvalue weighted by atomic mass is 9.78. The number of ether oxygens (including phenoxy) is 1. The van der Waals surface area contributed by atoms with Crippen LogP contribution in [0.5, 0.6) is 5.75 Å². The van der Waals surface area contributed by atoms with Crippen LogP contribution >= 0.6 is 0 Å². The molecule has 2 nitrogen and oxygen atoms in total. The fourth-order valence-electron chi connectivity index (χ4n) is 4.22. The van der Waals surface area contributed by atoms with E-state index in [2.05, 4.69) is 18.2 Å². The van der Waals surface area contributed by atoms with Gasteiger partial charge >= 0.3 is 0 Å². The number of benzene rings is 1. The van der Waals surface area contributed by atoms with Crippen molar-refractivity contribution in [2.75, 3.05) is 6.61 Å². The van der Waals surface area contributed by atoms with Gasteiger partial charge in [-0.1, -0.05) is 18.2 Å². The van der Waals surface area contributed by atoms with E-state index in [1.165, 1.54) is 24.8 Å². The lowest BCUT2D eigenvalue weighted by Gasteiger charge is -2.31. The SMILES string of the molecule is OCC1(CC2Cc3ccccc3O2)CC2CC2C1. The highest BCUT2D eigenvalue weighted by molar-refractivity contribution is 5.37. The van der Waals surface area contributed by atoms with Crippen LogP contribution < -0.4 is 4.74 Å². The maximum Gasteiger partial charge on any atom is 0.123 e. The molecule has 0 spiro atoms. The van der Waals surface area contributed by atoms with Crippen molar-refractivity contribution in [3.05, 3.63) is 29.8 Å². The minimum Gasteiger partial charge on any atom is -0.490 e. The number of hydrogen-bond donors (Lipinski definition) is 1. The molecule has 0 amide bonds. The average Bonchev–Trinajstić information content (AvgIpc) is 2.85. The molecular formula is C16H20O2. The molecule has 2 saturated carbocycles. The molecule has 0 bridgehead atoms. The minimum atomic E-state index is 0.167. The summed E-state index contributed by atoms with van der Waals surface area (Å²) >= 11 is 0. The summed E-state index contributed by atoms with van der Waals surface area (Å²) in [6.07, 6.45) is 6.20. The maximum atomic E-state index is 9.78. The number of aliphatic hydroxyl groups excluding tert-OH is 1. The first-order valence-electron chi connectivity index (χ1n) is 7.13. The summed E-state index contributed by atoms with van der Waals surface area (Å²) in [5, 5.41) is 9.78. The molecule has 0 saturated heterocycles. The van der Waals surface area contributed by atoms with Gasteiger partial charge in [-0.15, -0.1) is 0 Å². The molecule has 3 atom stereocenters. The van der Waals surface area contributed by atoms with Crippen LogP contribution in [-0.4, -0.2) is 17.8 Å². The van der Waals surface area contributed by atoms with Crippen LogP contribution in [0.1, 0.15) is 31.2 Å². The summed E-state index contributed by atoms with van der Waals surface area (Å²) < 4.78 is 6.03. The van der Waals surface area contributed by atoms with Crippen molar-refractivity contribution < 1.29 is 9.84 Å².